The molecule has 3 N–H and O–H groups in total. The molecule has 0 heterocycles. The zero-order valence-electron chi connectivity index (χ0n) is 7.66. The first-order valence-electron chi connectivity index (χ1n) is 4.37. The van der Waals surface area contributed by atoms with Crippen LogP contribution in [0.2, 0.25) is 0 Å². The van der Waals surface area contributed by atoms with Gasteiger partial charge in [0, 0.05) is 4.47 Å². The summed E-state index contributed by atoms with van der Waals surface area (Å²) in [7, 11) is 0. The Labute approximate surface area is 91.1 Å². The first-order valence-corrected chi connectivity index (χ1v) is 5.16. The molecule has 14 heavy (non-hydrogen) atoms. The first kappa shape index (κ1) is 11.2. The molecule has 0 amide bonds. The van der Waals surface area contributed by atoms with Crippen molar-refractivity contribution in [3.8, 4) is 0 Å². The van der Waals surface area contributed by atoms with E-state index in [2.05, 4.69) is 15.9 Å². The van der Waals surface area contributed by atoms with Crippen molar-refractivity contribution < 1.29 is 9.90 Å². The van der Waals surface area contributed by atoms with E-state index >= 15 is 0 Å². The Hall–Kier alpha value is -0.870. The van der Waals surface area contributed by atoms with Crippen molar-refractivity contribution in [3.05, 3.63) is 33.8 Å². The lowest BCUT2D eigenvalue weighted by atomic mass is 10.1. The van der Waals surface area contributed by atoms with Crippen LogP contribution in [0.15, 0.2) is 22.7 Å². The minimum absolute atomic E-state index is 0.299. The lowest BCUT2D eigenvalue weighted by Crippen LogP contribution is -2.02. The third kappa shape index (κ3) is 2.82. The molecule has 0 spiro atoms. The van der Waals surface area contributed by atoms with Crippen LogP contribution >= 0.6 is 15.9 Å². The highest BCUT2D eigenvalue weighted by Crippen LogP contribution is 2.19. The van der Waals surface area contributed by atoms with E-state index in [9.17, 15) is 4.79 Å². The number of halogens is 1. The maximum atomic E-state index is 10.6. The van der Waals surface area contributed by atoms with Gasteiger partial charge in [0.25, 0.3) is 0 Å². The van der Waals surface area contributed by atoms with Gasteiger partial charge in [-0.05, 0) is 37.1 Å². The second kappa shape index (κ2) is 5.12. The highest BCUT2D eigenvalue weighted by atomic mass is 79.9. The summed E-state index contributed by atoms with van der Waals surface area (Å²) in [6.45, 7) is 0.646. The van der Waals surface area contributed by atoms with E-state index in [0.717, 1.165) is 22.9 Å². The number of carboxylic acids is 1. The van der Waals surface area contributed by atoms with Gasteiger partial charge in [0.05, 0.1) is 5.56 Å². The molecule has 1 aromatic rings. The van der Waals surface area contributed by atoms with Gasteiger partial charge < -0.3 is 10.8 Å². The first-order chi connectivity index (χ1) is 6.65. The molecule has 0 saturated carbocycles. The van der Waals surface area contributed by atoms with Crippen molar-refractivity contribution in [1.29, 1.82) is 0 Å². The molecule has 0 unspecified atom stereocenters. The van der Waals surface area contributed by atoms with E-state index in [1.165, 1.54) is 0 Å². The quantitative estimate of drug-likeness (QED) is 0.868. The van der Waals surface area contributed by atoms with Gasteiger partial charge >= 0.3 is 5.97 Å². The van der Waals surface area contributed by atoms with Crippen LogP contribution in [-0.4, -0.2) is 17.6 Å². The molecule has 76 valence electrons. The van der Waals surface area contributed by atoms with E-state index in [0.29, 0.717) is 12.1 Å². The van der Waals surface area contributed by atoms with Crippen LogP contribution in [0.4, 0.5) is 0 Å². The van der Waals surface area contributed by atoms with Gasteiger partial charge in [0.15, 0.2) is 0 Å². The number of carbonyl (C=O) groups is 1. The third-order valence-electron chi connectivity index (χ3n) is 1.95. The molecule has 0 aliphatic heterocycles. The average Bonchev–Trinajstić information content (AvgIpc) is 2.15. The van der Waals surface area contributed by atoms with Crippen molar-refractivity contribution in [3.63, 3.8) is 0 Å². The Kier molecular flexibility index (Phi) is 4.10. The molecule has 1 aromatic carbocycles. The molecular formula is C10H12BrNO2. The summed E-state index contributed by atoms with van der Waals surface area (Å²) in [6, 6.07) is 5.05. The monoisotopic (exact) mass is 257 g/mol. The van der Waals surface area contributed by atoms with Crippen molar-refractivity contribution in [2.24, 2.45) is 5.73 Å². The van der Waals surface area contributed by atoms with Gasteiger partial charge in [-0.1, -0.05) is 22.0 Å². The van der Waals surface area contributed by atoms with Crippen molar-refractivity contribution in [1.82, 2.24) is 0 Å². The highest BCUT2D eigenvalue weighted by molar-refractivity contribution is 9.10. The number of nitrogens with two attached hydrogens (primary N) is 1. The van der Waals surface area contributed by atoms with E-state index < -0.39 is 5.97 Å². The maximum absolute atomic E-state index is 10.6. The summed E-state index contributed by atoms with van der Waals surface area (Å²) in [5, 5.41) is 8.74. The molecule has 3 nitrogen and oxygen atoms in total. The summed E-state index contributed by atoms with van der Waals surface area (Å²) in [6.07, 6.45) is 1.78. The zero-order valence-corrected chi connectivity index (χ0v) is 9.25. The Morgan fingerprint density at radius 3 is 2.71 bits per heavy atom. The Morgan fingerprint density at radius 2 is 2.21 bits per heavy atom. The molecule has 0 saturated heterocycles. The van der Waals surface area contributed by atoms with E-state index in [4.69, 9.17) is 10.8 Å². The Bertz CT molecular complexity index is 339. The van der Waals surface area contributed by atoms with Crippen molar-refractivity contribution >= 4 is 21.9 Å². The van der Waals surface area contributed by atoms with Gasteiger partial charge in [0.2, 0.25) is 0 Å². The van der Waals surface area contributed by atoms with Crippen molar-refractivity contribution in [2.75, 3.05) is 6.54 Å². The van der Waals surface area contributed by atoms with Crippen LogP contribution in [0, 0.1) is 0 Å². The van der Waals surface area contributed by atoms with Crippen LogP contribution in [0.25, 0.3) is 0 Å². The maximum Gasteiger partial charge on any atom is 0.335 e. The van der Waals surface area contributed by atoms with Crippen LogP contribution in [0.3, 0.4) is 0 Å². The fraction of sp³-hybridized carbons (Fsp3) is 0.300. The SMILES string of the molecule is NCCCc1ccc(C(=O)O)cc1Br. The second-order valence-electron chi connectivity index (χ2n) is 3.00. The van der Waals surface area contributed by atoms with Gasteiger partial charge in [0.1, 0.15) is 0 Å². The molecule has 4 heteroatoms. The molecule has 1 rings (SSSR count). The normalized spacial score (nSPS) is 10.1. The van der Waals surface area contributed by atoms with Crippen LogP contribution in [-0.2, 0) is 6.42 Å². The Morgan fingerprint density at radius 1 is 1.50 bits per heavy atom. The number of aromatic carboxylic acids is 1. The lowest BCUT2D eigenvalue weighted by Gasteiger charge is -2.04. The molecule has 0 aromatic heterocycles. The predicted octanol–water partition coefficient (Wildman–Crippen LogP) is 2.04. The summed E-state index contributed by atoms with van der Waals surface area (Å²) in [4.78, 5) is 10.6. The largest absolute Gasteiger partial charge is 0.478 e. The smallest absolute Gasteiger partial charge is 0.335 e. The average molecular weight is 258 g/mol. The number of benzene rings is 1. The van der Waals surface area contributed by atoms with Crippen LogP contribution < -0.4 is 5.73 Å². The fourth-order valence-corrected chi connectivity index (χ4v) is 1.75. The molecule has 0 bridgehead atoms. The summed E-state index contributed by atoms with van der Waals surface area (Å²) in [5.74, 6) is -0.906. The summed E-state index contributed by atoms with van der Waals surface area (Å²) < 4.78 is 0.839. The zero-order chi connectivity index (χ0) is 10.6. The van der Waals surface area contributed by atoms with Gasteiger partial charge in [-0.3, -0.25) is 0 Å². The second-order valence-corrected chi connectivity index (χ2v) is 3.86. The number of aryl methyl sites for hydroxylation is 1. The van der Waals surface area contributed by atoms with E-state index in [1.807, 2.05) is 6.07 Å². The molecule has 0 aliphatic carbocycles. The minimum Gasteiger partial charge on any atom is -0.478 e. The number of hydrogen-bond donors (Lipinski definition) is 2. The molecule has 0 radical (unpaired) electrons. The predicted molar refractivity (Wildman–Crippen MR) is 58.5 cm³/mol. The highest BCUT2D eigenvalue weighted by Gasteiger charge is 2.05. The van der Waals surface area contributed by atoms with Crippen molar-refractivity contribution in [2.45, 2.75) is 12.8 Å². The van der Waals surface area contributed by atoms with Gasteiger partial charge in [-0.25, -0.2) is 4.79 Å². The summed E-state index contributed by atoms with van der Waals surface area (Å²) in [5.41, 5.74) is 6.79. The van der Waals surface area contributed by atoms with Gasteiger partial charge in [-0.15, -0.1) is 0 Å². The third-order valence-corrected chi connectivity index (χ3v) is 2.69. The van der Waals surface area contributed by atoms with E-state index in [-0.39, 0.29) is 0 Å². The van der Waals surface area contributed by atoms with Crippen LogP contribution in [0.5, 0.6) is 0 Å². The molecule has 0 atom stereocenters. The minimum atomic E-state index is -0.906. The van der Waals surface area contributed by atoms with E-state index in [1.54, 1.807) is 12.1 Å². The van der Waals surface area contributed by atoms with Crippen LogP contribution in [0.1, 0.15) is 22.3 Å². The Balaban J connectivity index is 2.84. The van der Waals surface area contributed by atoms with Gasteiger partial charge in [-0.2, -0.15) is 0 Å². The molecule has 0 fully saturated rings. The number of rotatable bonds is 4. The topological polar surface area (TPSA) is 63.3 Å². The fourth-order valence-electron chi connectivity index (χ4n) is 1.18. The lowest BCUT2D eigenvalue weighted by molar-refractivity contribution is 0.0697. The summed E-state index contributed by atoms with van der Waals surface area (Å²) >= 11 is 3.34. The standard InChI is InChI=1S/C10H12BrNO2/c11-9-6-8(10(13)14)4-3-7(9)2-1-5-12/h3-4,6H,1-2,5,12H2,(H,13,14). The molecular weight excluding hydrogens is 246 g/mol. The number of hydrogen-bond acceptors (Lipinski definition) is 2. The molecule has 0 aliphatic rings. The number of carboxylic acid groups (broad SMARTS) is 1.